The maximum absolute atomic E-state index is 3.50. The third-order valence-corrected chi connectivity index (χ3v) is 5.86. The van der Waals surface area contributed by atoms with Gasteiger partial charge in [0, 0.05) is 0 Å². The lowest BCUT2D eigenvalue weighted by Gasteiger charge is -2.28. The van der Waals surface area contributed by atoms with E-state index in [1.165, 1.54) is 50.3 Å². The van der Waals surface area contributed by atoms with Crippen LogP contribution in [0.5, 0.6) is 0 Å². The van der Waals surface area contributed by atoms with Crippen LogP contribution in [0.15, 0.2) is 0 Å². The Balaban J connectivity index is 1.59. The Morgan fingerprint density at radius 3 is 2.79 bits per heavy atom. The van der Waals surface area contributed by atoms with E-state index in [-0.39, 0.29) is 0 Å². The van der Waals surface area contributed by atoms with Crippen molar-refractivity contribution in [1.29, 1.82) is 0 Å². The van der Waals surface area contributed by atoms with E-state index in [0.29, 0.717) is 0 Å². The van der Waals surface area contributed by atoms with E-state index in [0.717, 1.165) is 17.3 Å². The van der Waals surface area contributed by atoms with Gasteiger partial charge in [-0.15, -0.1) is 0 Å². The van der Waals surface area contributed by atoms with Gasteiger partial charge in [0.2, 0.25) is 0 Å². The normalized spacial score (nSPS) is 41.1. The second kappa shape index (κ2) is 3.71. The zero-order valence-corrected chi connectivity index (χ0v) is 9.74. The van der Waals surface area contributed by atoms with E-state index in [9.17, 15) is 0 Å². The molecule has 2 heterocycles. The zero-order valence-electron chi connectivity index (χ0n) is 8.93. The molecule has 0 amide bonds. The van der Waals surface area contributed by atoms with Gasteiger partial charge in [-0.2, -0.15) is 11.8 Å². The lowest BCUT2D eigenvalue weighted by molar-refractivity contribution is 0.283. The molecule has 1 saturated carbocycles. The van der Waals surface area contributed by atoms with Crippen LogP contribution in [0.1, 0.15) is 32.1 Å². The highest BCUT2D eigenvalue weighted by Crippen LogP contribution is 2.63. The summed E-state index contributed by atoms with van der Waals surface area (Å²) in [5.41, 5.74) is 0.827. The van der Waals surface area contributed by atoms with Crippen LogP contribution in [0.25, 0.3) is 0 Å². The molecule has 0 aromatic carbocycles. The van der Waals surface area contributed by atoms with Gasteiger partial charge < -0.3 is 5.32 Å². The molecule has 1 aliphatic carbocycles. The topological polar surface area (TPSA) is 12.0 Å². The fourth-order valence-corrected chi connectivity index (χ4v) is 4.87. The van der Waals surface area contributed by atoms with Crippen LogP contribution < -0.4 is 5.32 Å². The summed E-state index contributed by atoms with van der Waals surface area (Å²) in [7, 11) is 0. The molecule has 0 bridgehead atoms. The zero-order chi connectivity index (χ0) is 9.43. The summed E-state index contributed by atoms with van der Waals surface area (Å²) in [5.74, 6) is 5.11. The molecule has 2 aliphatic heterocycles. The molecule has 3 aliphatic rings. The molecule has 2 atom stereocenters. The highest BCUT2D eigenvalue weighted by atomic mass is 32.2. The van der Waals surface area contributed by atoms with E-state index in [1.54, 1.807) is 6.42 Å². The minimum absolute atomic E-state index is 0.827. The van der Waals surface area contributed by atoms with Crippen molar-refractivity contribution >= 4 is 11.8 Å². The lowest BCUT2D eigenvalue weighted by atomic mass is 9.86. The Labute approximate surface area is 91.4 Å². The largest absolute Gasteiger partial charge is 0.317 e. The molecule has 1 N–H and O–H groups in total. The van der Waals surface area contributed by atoms with Gasteiger partial charge in [0.15, 0.2) is 0 Å². The van der Waals surface area contributed by atoms with Gasteiger partial charge in [-0.25, -0.2) is 0 Å². The second-order valence-corrected chi connectivity index (χ2v) is 6.55. The van der Waals surface area contributed by atoms with Crippen LogP contribution in [0.3, 0.4) is 0 Å². The van der Waals surface area contributed by atoms with E-state index in [4.69, 9.17) is 0 Å². The van der Waals surface area contributed by atoms with Crippen LogP contribution in [0.2, 0.25) is 0 Å². The Hall–Kier alpha value is 0.310. The maximum atomic E-state index is 3.50. The first-order valence-corrected chi connectivity index (χ1v) is 7.35. The molecule has 0 radical (unpaired) electrons. The number of hydrogen-bond acceptors (Lipinski definition) is 2. The summed E-state index contributed by atoms with van der Waals surface area (Å²) >= 11 is 2.20. The number of rotatable bonds is 1. The van der Waals surface area contributed by atoms with Crippen LogP contribution in [-0.2, 0) is 0 Å². The number of nitrogens with one attached hydrogen (secondary N) is 1. The first-order valence-electron chi connectivity index (χ1n) is 6.19. The summed E-state index contributed by atoms with van der Waals surface area (Å²) in [6.07, 6.45) is 7.53. The van der Waals surface area contributed by atoms with Crippen molar-refractivity contribution in [1.82, 2.24) is 5.32 Å². The second-order valence-electron chi connectivity index (χ2n) is 5.40. The fraction of sp³-hybridized carbons (Fsp3) is 1.00. The Kier molecular flexibility index (Phi) is 2.53. The highest BCUT2D eigenvalue weighted by Gasteiger charge is 2.56. The minimum atomic E-state index is 0.827. The third-order valence-electron chi connectivity index (χ3n) is 4.62. The summed E-state index contributed by atoms with van der Waals surface area (Å²) in [5, 5.41) is 3.50. The van der Waals surface area contributed by atoms with E-state index >= 15 is 0 Å². The van der Waals surface area contributed by atoms with Crippen molar-refractivity contribution in [3.8, 4) is 0 Å². The van der Waals surface area contributed by atoms with Crippen molar-refractivity contribution in [3.63, 3.8) is 0 Å². The van der Waals surface area contributed by atoms with E-state index < -0.39 is 0 Å². The third kappa shape index (κ3) is 1.61. The first-order chi connectivity index (χ1) is 6.91. The van der Waals surface area contributed by atoms with Crippen molar-refractivity contribution < 1.29 is 0 Å². The van der Waals surface area contributed by atoms with E-state index in [2.05, 4.69) is 17.1 Å². The molecule has 2 saturated heterocycles. The van der Waals surface area contributed by atoms with Crippen molar-refractivity contribution in [2.75, 3.05) is 24.6 Å². The molecule has 1 spiro atoms. The first kappa shape index (κ1) is 9.53. The Morgan fingerprint density at radius 2 is 2.07 bits per heavy atom. The Bertz CT molecular complexity index is 204. The highest BCUT2D eigenvalue weighted by molar-refractivity contribution is 7.99. The van der Waals surface area contributed by atoms with Gasteiger partial charge in [0.25, 0.3) is 0 Å². The average molecular weight is 211 g/mol. The SMILES string of the molecule is C1CSCC(C2CC23CCNCC3)C1. The van der Waals surface area contributed by atoms with Gasteiger partial charge in [0.05, 0.1) is 0 Å². The molecule has 1 nitrogen and oxygen atoms in total. The summed E-state index contributed by atoms with van der Waals surface area (Å²) in [4.78, 5) is 0. The molecule has 80 valence electrons. The molecule has 0 aromatic heterocycles. The molecule has 3 rings (SSSR count). The predicted octanol–water partition coefficient (Wildman–Crippen LogP) is 2.52. The molecular weight excluding hydrogens is 190 g/mol. The molecule has 2 unspecified atom stereocenters. The van der Waals surface area contributed by atoms with Gasteiger partial charge in [-0.3, -0.25) is 0 Å². The van der Waals surface area contributed by atoms with Crippen LogP contribution in [0, 0.1) is 17.3 Å². The Morgan fingerprint density at radius 1 is 1.21 bits per heavy atom. The van der Waals surface area contributed by atoms with Crippen molar-refractivity contribution in [3.05, 3.63) is 0 Å². The van der Waals surface area contributed by atoms with Crippen LogP contribution in [-0.4, -0.2) is 24.6 Å². The summed E-state index contributed by atoms with van der Waals surface area (Å²) in [6.45, 7) is 2.58. The van der Waals surface area contributed by atoms with Crippen LogP contribution >= 0.6 is 11.8 Å². The number of piperidine rings is 1. The molecule has 0 aromatic rings. The van der Waals surface area contributed by atoms with E-state index in [1.807, 2.05) is 0 Å². The van der Waals surface area contributed by atoms with Gasteiger partial charge in [-0.05, 0) is 74.0 Å². The van der Waals surface area contributed by atoms with Crippen LogP contribution in [0.4, 0.5) is 0 Å². The molecule has 14 heavy (non-hydrogen) atoms. The monoisotopic (exact) mass is 211 g/mol. The summed E-state index contributed by atoms with van der Waals surface area (Å²) in [6, 6.07) is 0. The van der Waals surface area contributed by atoms with Gasteiger partial charge in [-0.1, -0.05) is 0 Å². The number of hydrogen-bond donors (Lipinski definition) is 1. The maximum Gasteiger partial charge on any atom is -0.00363 e. The molecular formula is C12H21NS. The summed E-state index contributed by atoms with van der Waals surface area (Å²) < 4.78 is 0. The predicted molar refractivity (Wildman–Crippen MR) is 62.7 cm³/mol. The number of thioether (sulfide) groups is 1. The van der Waals surface area contributed by atoms with Crippen molar-refractivity contribution in [2.45, 2.75) is 32.1 Å². The van der Waals surface area contributed by atoms with Crippen molar-refractivity contribution in [2.24, 2.45) is 17.3 Å². The lowest BCUT2D eigenvalue weighted by Crippen LogP contribution is -2.31. The molecule has 2 heteroatoms. The standard InChI is InChI=1S/C12H21NS/c1-2-10(9-14-7-1)11-8-12(11)3-5-13-6-4-12/h10-11,13H,1-9H2. The minimum Gasteiger partial charge on any atom is -0.317 e. The van der Waals surface area contributed by atoms with Gasteiger partial charge >= 0.3 is 0 Å². The fourth-order valence-electron chi connectivity index (χ4n) is 3.63. The molecule has 3 fully saturated rings. The average Bonchev–Trinajstić information content (AvgIpc) is 2.95. The smallest absolute Gasteiger partial charge is 0.00363 e. The quantitative estimate of drug-likeness (QED) is 0.715. The van der Waals surface area contributed by atoms with Gasteiger partial charge in [0.1, 0.15) is 0 Å².